The van der Waals surface area contributed by atoms with Crippen LogP contribution in [-0.4, -0.2) is 5.11 Å². The first-order valence-electron chi connectivity index (χ1n) is 6.53. The highest BCUT2D eigenvalue weighted by molar-refractivity contribution is 6.31. The zero-order valence-corrected chi connectivity index (χ0v) is 11.6. The lowest BCUT2D eigenvalue weighted by atomic mass is 9.66. The third-order valence-corrected chi connectivity index (χ3v) is 4.36. The molecular weight excluding hydrogens is 265 g/mol. The Kier molecular flexibility index (Phi) is 4.13. The molecule has 4 heteroatoms. The molecular formula is C15H17ClFNO. The average Bonchev–Trinajstić information content (AvgIpc) is 2.38. The van der Waals surface area contributed by atoms with Crippen LogP contribution in [0.4, 0.5) is 4.39 Å². The lowest BCUT2D eigenvalue weighted by Gasteiger charge is -2.38. The summed E-state index contributed by atoms with van der Waals surface area (Å²) in [6, 6.07) is 6.20. The Morgan fingerprint density at radius 1 is 1.58 bits per heavy atom. The summed E-state index contributed by atoms with van der Waals surface area (Å²) in [5.41, 5.74) is -0.363. The molecule has 0 bridgehead atoms. The Bertz CT molecular complexity index is 513. The Hall–Kier alpha value is -1.11. The van der Waals surface area contributed by atoms with Crippen molar-refractivity contribution >= 4 is 11.6 Å². The van der Waals surface area contributed by atoms with Gasteiger partial charge < -0.3 is 5.11 Å². The Balaban J connectivity index is 2.35. The van der Waals surface area contributed by atoms with Crippen molar-refractivity contribution in [2.45, 2.75) is 38.7 Å². The number of aliphatic hydroxyl groups is 1. The Morgan fingerprint density at radius 3 is 2.89 bits per heavy atom. The van der Waals surface area contributed by atoms with Gasteiger partial charge in [0.15, 0.2) is 0 Å². The first-order valence-corrected chi connectivity index (χ1v) is 6.90. The summed E-state index contributed by atoms with van der Waals surface area (Å²) in [6.07, 6.45) is 2.34. The number of nitrogens with zero attached hydrogens (tertiary/aromatic N) is 1. The monoisotopic (exact) mass is 281 g/mol. The van der Waals surface area contributed by atoms with Gasteiger partial charge in [-0.15, -0.1) is 0 Å². The van der Waals surface area contributed by atoms with Crippen LogP contribution in [0.25, 0.3) is 0 Å². The summed E-state index contributed by atoms with van der Waals surface area (Å²) in [5, 5.41) is 20.2. The second-order valence-corrected chi connectivity index (χ2v) is 5.95. The molecule has 0 radical (unpaired) electrons. The van der Waals surface area contributed by atoms with E-state index in [0.29, 0.717) is 24.3 Å². The molecule has 1 N–H and O–H groups in total. The number of aliphatic hydroxyl groups excluding tert-OH is 1. The number of hydrogen-bond acceptors (Lipinski definition) is 2. The Morgan fingerprint density at radius 2 is 2.32 bits per heavy atom. The van der Waals surface area contributed by atoms with Crippen molar-refractivity contribution in [1.29, 1.82) is 5.26 Å². The number of halogens is 2. The third-order valence-electron chi connectivity index (χ3n) is 4.04. The summed E-state index contributed by atoms with van der Waals surface area (Å²) in [6.45, 7) is 2.09. The molecule has 1 fully saturated rings. The fraction of sp³-hybridized carbons (Fsp3) is 0.533. The minimum absolute atomic E-state index is 0.181. The SMILES string of the molecule is CC1CCCC(C#N)(C(O)c2ccc(F)cc2Cl)C1. The van der Waals surface area contributed by atoms with E-state index in [4.69, 9.17) is 11.6 Å². The molecule has 3 atom stereocenters. The first kappa shape index (κ1) is 14.3. The van der Waals surface area contributed by atoms with Crippen LogP contribution in [-0.2, 0) is 0 Å². The van der Waals surface area contributed by atoms with Gasteiger partial charge in [0.25, 0.3) is 0 Å². The molecule has 1 aliphatic rings. The van der Waals surface area contributed by atoms with Crippen LogP contribution in [0.5, 0.6) is 0 Å². The fourth-order valence-corrected chi connectivity index (χ4v) is 3.29. The summed E-state index contributed by atoms with van der Waals surface area (Å²) < 4.78 is 13.1. The van der Waals surface area contributed by atoms with Crippen molar-refractivity contribution in [1.82, 2.24) is 0 Å². The van der Waals surface area contributed by atoms with E-state index in [-0.39, 0.29) is 5.02 Å². The van der Waals surface area contributed by atoms with Gasteiger partial charge in [-0.05, 0) is 30.9 Å². The van der Waals surface area contributed by atoms with Gasteiger partial charge in [0.2, 0.25) is 0 Å². The quantitative estimate of drug-likeness (QED) is 0.881. The van der Waals surface area contributed by atoms with Crippen molar-refractivity contribution in [3.05, 3.63) is 34.6 Å². The molecule has 0 heterocycles. The molecule has 1 aromatic carbocycles. The molecule has 19 heavy (non-hydrogen) atoms. The van der Waals surface area contributed by atoms with Crippen molar-refractivity contribution in [3.63, 3.8) is 0 Å². The van der Waals surface area contributed by atoms with Crippen molar-refractivity contribution < 1.29 is 9.50 Å². The van der Waals surface area contributed by atoms with E-state index in [1.165, 1.54) is 18.2 Å². The average molecular weight is 282 g/mol. The van der Waals surface area contributed by atoms with Crippen LogP contribution < -0.4 is 0 Å². The topological polar surface area (TPSA) is 44.0 Å². The second-order valence-electron chi connectivity index (χ2n) is 5.54. The smallest absolute Gasteiger partial charge is 0.124 e. The van der Waals surface area contributed by atoms with Crippen LogP contribution in [0.1, 0.15) is 44.3 Å². The van der Waals surface area contributed by atoms with Gasteiger partial charge >= 0.3 is 0 Å². The number of benzene rings is 1. The van der Waals surface area contributed by atoms with Crippen LogP contribution in [0, 0.1) is 28.5 Å². The molecule has 2 rings (SSSR count). The molecule has 2 nitrogen and oxygen atoms in total. The van der Waals surface area contributed by atoms with Crippen molar-refractivity contribution in [2.75, 3.05) is 0 Å². The van der Waals surface area contributed by atoms with Gasteiger partial charge in [0.1, 0.15) is 5.82 Å². The van der Waals surface area contributed by atoms with E-state index < -0.39 is 17.3 Å². The van der Waals surface area contributed by atoms with E-state index >= 15 is 0 Å². The van der Waals surface area contributed by atoms with Crippen molar-refractivity contribution in [2.24, 2.45) is 11.3 Å². The minimum Gasteiger partial charge on any atom is -0.387 e. The van der Waals surface area contributed by atoms with Crippen LogP contribution in [0.15, 0.2) is 18.2 Å². The van der Waals surface area contributed by atoms with Gasteiger partial charge in [0.05, 0.1) is 17.6 Å². The standard InChI is InChI=1S/C15H17ClFNO/c1-10-3-2-6-15(8-10,9-18)14(19)12-5-4-11(17)7-13(12)16/h4-5,7,10,14,19H,2-3,6,8H2,1H3. The van der Waals surface area contributed by atoms with Gasteiger partial charge in [-0.3, -0.25) is 0 Å². The first-order chi connectivity index (χ1) is 8.98. The molecule has 1 saturated carbocycles. The zero-order chi connectivity index (χ0) is 14.0. The molecule has 0 aliphatic heterocycles. The van der Waals surface area contributed by atoms with E-state index in [0.717, 1.165) is 12.8 Å². The summed E-state index contributed by atoms with van der Waals surface area (Å²) in [5.74, 6) is -0.0359. The molecule has 3 unspecified atom stereocenters. The van der Waals surface area contributed by atoms with Gasteiger partial charge in [-0.1, -0.05) is 37.4 Å². The highest BCUT2D eigenvalue weighted by Crippen LogP contribution is 2.48. The second kappa shape index (κ2) is 5.48. The summed E-state index contributed by atoms with van der Waals surface area (Å²) >= 11 is 5.99. The third kappa shape index (κ3) is 2.75. The number of rotatable bonds is 2. The molecule has 1 aliphatic carbocycles. The summed E-state index contributed by atoms with van der Waals surface area (Å²) in [4.78, 5) is 0. The van der Waals surface area contributed by atoms with Gasteiger partial charge in [0, 0.05) is 10.6 Å². The number of nitriles is 1. The summed E-state index contributed by atoms with van der Waals surface area (Å²) in [7, 11) is 0. The normalized spacial score (nSPS) is 28.7. The highest BCUT2D eigenvalue weighted by atomic mass is 35.5. The molecule has 1 aromatic rings. The number of hydrogen-bond donors (Lipinski definition) is 1. The maximum absolute atomic E-state index is 13.1. The lowest BCUT2D eigenvalue weighted by molar-refractivity contribution is 0.0220. The molecule has 102 valence electrons. The lowest BCUT2D eigenvalue weighted by Crippen LogP contribution is -2.33. The Labute approximate surface area is 117 Å². The van der Waals surface area contributed by atoms with Gasteiger partial charge in [-0.2, -0.15) is 5.26 Å². The van der Waals surface area contributed by atoms with E-state index in [9.17, 15) is 14.8 Å². The maximum atomic E-state index is 13.1. The fourth-order valence-electron chi connectivity index (χ4n) is 3.02. The molecule has 0 spiro atoms. The minimum atomic E-state index is -0.964. The van der Waals surface area contributed by atoms with Crippen LogP contribution in [0.2, 0.25) is 5.02 Å². The van der Waals surface area contributed by atoms with E-state index in [1.807, 2.05) is 0 Å². The van der Waals surface area contributed by atoms with Crippen LogP contribution >= 0.6 is 11.6 Å². The molecule has 0 saturated heterocycles. The van der Waals surface area contributed by atoms with Crippen molar-refractivity contribution in [3.8, 4) is 6.07 Å². The predicted octanol–water partition coefficient (Wildman–Crippen LogP) is 4.23. The predicted molar refractivity (Wildman–Crippen MR) is 72.0 cm³/mol. The maximum Gasteiger partial charge on any atom is 0.124 e. The van der Waals surface area contributed by atoms with Gasteiger partial charge in [-0.25, -0.2) is 4.39 Å². The molecule has 0 aromatic heterocycles. The largest absolute Gasteiger partial charge is 0.387 e. The van der Waals surface area contributed by atoms with E-state index in [1.54, 1.807) is 0 Å². The van der Waals surface area contributed by atoms with E-state index in [2.05, 4.69) is 13.0 Å². The molecule has 0 amide bonds. The van der Waals surface area contributed by atoms with Crippen LogP contribution in [0.3, 0.4) is 0 Å². The highest BCUT2D eigenvalue weighted by Gasteiger charge is 2.43. The zero-order valence-electron chi connectivity index (χ0n) is 10.9.